The predicted octanol–water partition coefficient (Wildman–Crippen LogP) is 3.50. The van der Waals surface area contributed by atoms with Gasteiger partial charge >= 0.3 is 0 Å². The van der Waals surface area contributed by atoms with Crippen molar-refractivity contribution in [3.05, 3.63) is 22.8 Å². The Hall–Kier alpha value is 0.0394. The van der Waals surface area contributed by atoms with E-state index >= 15 is 0 Å². The van der Waals surface area contributed by atoms with Crippen LogP contribution in [0.4, 0.5) is 0 Å². The molecule has 1 spiro atoms. The van der Waals surface area contributed by atoms with Gasteiger partial charge in [0.25, 0.3) is 0 Å². The molecule has 0 saturated heterocycles. The fraction of sp³-hybridized carbons (Fsp3) is 0.692. The molecule has 2 unspecified atom stereocenters. The van der Waals surface area contributed by atoms with E-state index in [2.05, 4.69) is 33.4 Å². The molecule has 0 aromatic carbocycles. The predicted molar refractivity (Wildman–Crippen MR) is 54.1 cm³/mol. The first kappa shape index (κ1) is 10.6. The van der Waals surface area contributed by atoms with Crippen molar-refractivity contribution in [2.24, 2.45) is 16.7 Å². The van der Waals surface area contributed by atoms with E-state index in [0.717, 1.165) is 5.92 Å². The first-order valence-electron chi connectivity index (χ1n) is 5.36. The Morgan fingerprint density at radius 3 is 2.50 bits per heavy atom. The van der Waals surface area contributed by atoms with E-state index in [1.54, 1.807) is 11.5 Å². The van der Waals surface area contributed by atoms with E-state index in [0.29, 0.717) is 10.8 Å². The van der Waals surface area contributed by atoms with Crippen LogP contribution in [0.1, 0.15) is 40.5 Å². The average Bonchev–Trinajstić information content (AvgIpc) is 2.22. The summed E-state index contributed by atoms with van der Waals surface area (Å²) in [6.45, 7) is 9.45. The molecule has 0 bridgehead atoms. The molecule has 79 valence electrons. The normalized spacial score (nSPS) is 40.9. The average molecular weight is 365 g/mol. The zero-order chi connectivity index (χ0) is 9.43. The third kappa shape index (κ3) is 0.756. The molecule has 1 radical (unpaired) electrons. The third-order valence-electron chi connectivity index (χ3n) is 4.93. The SMILES string of the molecule is CC1=C=C2CCC23[C-]1C(C)(C)C3C.[Ir]. The summed E-state index contributed by atoms with van der Waals surface area (Å²) in [6, 6.07) is 0. The fourth-order valence-corrected chi connectivity index (χ4v) is 4.10. The largest absolute Gasteiger partial charge is 0.347 e. The van der Waals surface area contributed by atoms with Gasteiger partial charge in [0.1, 0.15) is 0 Å². The van der Waals surface area contributed by atoms with E-state index in [9.17, 15) is 0 Å². The van der Waals surface area contributed by atoms with Crippen molar-refractivity contribution < 1.29 is 20.1 Å². The number of hydrogen-bond donors (Lipinski definition) is 0. The van der Waals surface area contributed by atoms with Gasteiger partial charge in [0.05, 0.1) is 0 Å². The van der Waals surface area contributed by atoms with Crippen LogP contribution < -0.4 is 0 Å². The molecule has 0 aromatic rings. The molecule has 3 aliphatic carbocycles. The van der Waals surface area contributed by atoms with Crippen LogP contribution in [0.3, 0.4) is 0 Å². The van der Waals surface area contributed by atoms with Gasteiger partial charge in [-0.25, -0.2) is 0 Å². The minimum atomic E-state index is 0. The monoisotopic (exact) mass is 366 g/mol. The van der Waals surface area contributed by atoms with Gasteiger partial charge in [-0.2, -0.15) is 11.5 Å². The summed E-state index contributed by atoms with van der Waals surface area (Å²) < 4.78 is 0. The molecule has 1 heteroatoms. The van der Waals surface area contributed by atoms with E-state index in [-0.39, 0.29) is 20.1 Å². The second-order valence-corrected chi connectivity index (χ2v) is 5.52. The van der Waals surface area contributed by atoms with E-state index in [4.69, 9.17) is 0 Å². The number of hydrogen-bond acceptors (Lipinski definition) is 0. The molecule has 14 heavy (non-hydrogen) atoms. The second kappa shape index (κ2) is 2.59. The van der Waals surface area contributed by atoms with Gasteiger partial charge < -0.3 is 5.73 Å². The molecule has 0 amide bonds. The van der Waals surface area contributed by atoms with Crippen LogP contribution in [0.2, 0.25) is 0 Å². The van der Waals surface area contributed by atoms with Crippen molar-refractivity contribution in [2.45, 2.75) is 40.5 Å². The van der Waals surface area contributed by atoms with Gasteiger partial charge in [-0.15, -0.1) is 5.57 Å². The summed E-state index contributed by atoms with van der Waals surface area (Å²) in [4.78, 5) is 0. The first-order valence-corrected chi connectivity index (χ1v) is 5.36. The van der Waals surface area contributed by atoms with Crippen molar-refractivity contribution in [1.29, 1.82) is 0 Å². The topological polar surface area (TPSA) is 0 Å². The molecular weight excluding hydrogens is 348 g/mol. The Labute approximate surface area is 100 Å². The zero-order valence-electron chi connectivity index (χ0n) is 9.32. The van der Waals surface area contributed by atoms with E-state index < -0.39 is 0 Å². The van der Waals surface area contributed by atoms with Gasteiger partial charge in [-0.1, -0.05) is 50.9 Å². The van der Waals surface area contributed by atoms with E-state index in [1.165, 1.54) is 18.4 Å². The molecule has 2 saturated carbocycles. The van der Waals surface area contributed by atoms with Crippen LogP contribution in [0.5, 0.6) is 0 Å². The van der Waals surface area contributed by atoms with Crippen LogP contribution in [-0.2, 0) is 20.1 Å². The summed E-state index contributed by atoms with van der Waals surface area (Å²) >= 11 is 0. The van der Waals surface area contributed by atoms with Gasteiger partial charge in [0, 0.05) is 20.1 Å². The molecule has 0 aromatic heterocycles. The Kier molecular flexibility index (Phi) is 1.95. The summed E-state index contributed by atoms with van der Waals surface area (Å²) in [5, 5.41) is 0. The van der Waals surface area contributed by atoms with Gasteiger partial charge in [-0.3, -0.25) is 0 Å². The second-order valence-electron chi connectivity index (χ2n) is 5.52. The summed E-state index contributed by atoms with van der Waals surface area (Å²) in [5.74, 6) is 2.55. The Morgan fingerprint density at radius 1 is 1.43 bits per heavy atom. The van der Waals surface area contributed by atoms with Crippen molar-refractivity contribution >= 4 is 0 Å². The van der Waals surface area contributed by atoms with Crippen molar-refractivity contribution in [3.8, 4) is 0 Å². The summed E-state index contributed by atoms with van der Waals surface area (Å²) in [5.41, 5.74) is 7.63. The van der Waals surface area contributed by atoms with Gasteiger partial charge in [0.2, 0.25) is 0 Å². The first-order chi connectivity index (χ1) is 6.01. The molecule has 3 rings (SSSR count). The van der Waals surface area contributed by atoms with Crippen LogP contribution in [0.25, 0.3) is 0 Å². The quantitative estimate of drug-likeness (QED) is 0.455. The van der Waals surface area contributed by atoms with Crippen molar-refractivity contribution in [3.63, 3.8) is 0 Å². The van der Waals surface area contributed by atoms with Gasteiger partial charge in [-0.05, 0) is 6.42 Å². The third-order valence-corrected chi connectivity index (χ3v) is 4.93. The Morgan fingerprint density at radius 2 is 2.07 bits per heavy atom. The molecule has 0 N–H and O–H groups in total. The molecule has 0 nitrogen and oxygen atoms in total. The van der Waals surface area contributed by atoms with Crippen LogP contribution in [-0.4, -0.2) is 0 Å². The molecule has 0 aliphatic heterocycles. The maximum atomic E-state index is 3.59. The van der Waals surface area contributed by atoms with Crippen LogP contribution in [0.15, 0.2) is 16.9 Å². The molecule has 2 fully saturated rings. The Balaban J connectivity index is 0.000000750. The minimum Gasteiger partial charge on any atom is -0.347 e. The Bertz CT molecular complexity index is 357. The smallest absolute Gasteiger partial charge is 0 e. The standard InChI is InChI=1S/C13H17.Ir/c1-8-7-10-5-6-13(10)9(2)12(3,4)11(8)13;/h9H,5-6H2,1-4H3;/q-1;. The zero-order valence-corrected chi connectivity index (χ0v) is 11.7. The maximum absolute atomic E-state index is 3.59. The van der Waals surface area contributed by atoms with Crippen molar-refractivity contribution in [2.75, 3.05) is 0 Å². The van der Waals surface area contributed by atoms with Gasteiger partial charge in [0.15, 0.2) is 0 Å². The molecule has 3 aliphatic rings. The summed E-state index contributed by atoms with van der Waals surface area (Å²) in [7, 11) is 0. The van der Waals surface area contributed by atoms with Crippen molar-refractivity contribution in [1.82, 2.24) is 0 Å². The molecule has 2 atom stereocenters. The maximum Gasteiger partial charge on any atom is 0 e. The number of allylic oxidation sites excluding steroid dienone is 1. The van der Waals surface area contributed by atoms with E-state index in [1.807, 2.05) is 0 Å². The fourth-order valence-electron chi connectivity index (χ4n) is 4.10. The number of rotatable bonds is 0. The van der Waals surface area contributed by atoms with Crippen LogP contribution >= 0.6 is 0 Å². The molecule has 0 heterocycles. The molecular formula is C13H17Ir-. The minimum absolute atomic E-state index is 0. The van der Waals surface area contributed by atoms with Crippen LogP contribution in [0, 0.1) is 22.7 Å². The summed E-state index contributed by atoms with van der Waals surface area (Å²) in [6.07, 6.45) is 2.70.